The lowest BCUT2D eigenvalue weighted by Gasteiger charge is -2.14. The standard InChI is InChI=1S/C15H22N4O2S/c1-3-9(4-2)14-17-18-15(22-14)16-13(21)10-7-12(20)19(8-10)11-5-6-11/h9-11H,3-8H2,1-2H3,(H,16,18,21). The summed E-state index contributed by atoms with van der Waals surface area (Å²) in [4.78, 5) is 26.1. The van der Waals surface area contributed by atoms with E-state index in [0.717, 1.165) is 30.7 Å². The van der Waals surface area contributed by atoms with Crippen LogP contribution in [0.5, 0.6) is 0 Å². The predicted molar refractivity (Wildman–Crippen MR) is 84.7 cm³/mol. The summed E-state index contributed by atoms with van der Waals surface area (Å²) in [5, 5.41) is 12.6. The molecular formula is C15H22N4O2S. The molecule has 1 saturated carbocycles. The highest BCUT2D eigenvalue weighted by atomic mass is 32.1. The molecule has 0 spiro atoms. The van der Waals surface area contributed by atoms with E-state index in [4.69, 9.17) is 0 Å². The van der Waals surface area contributed by atoms with E-state index in [1.54, 1.807) is 0 Å². The highest BCUT2D eigenvalue weighted by Gasteiger charge is 2.41. The number of nitrogens with zero attached hydrogens (tertiary/aromatic N) is 3. The first kappa shape index (κ1) is 15.4. The van der Waals surface area contributed by atoms with Crippen LogP contribution in [0.1, 0.15) is 56.9 Å². The molecule has 0 radical (unpaired) electrons. The van der Waals surface area contributed by atoms with Gasteiger partial charge in [-0.25, -0.2) is 0 Å². The van der Waals surface area contributed by atoms with E-state index >= 15 is 0 Å². The van der Waals surface area contributed by atoms with Crippen molar-refractivity contribution in [3.8, 4) is 0 Å². The van der Waals surface area contributed by atoms with Crippen molar-refractivity contribution in [2.24, 2.45) is 5.92 Å². The monoisotopic (exact) mass is 322 g/mol. The Hall–Kier alpha value is -1.50. The van der Waals surface area contributed by atoms with Crippen molar-refractivity contribution in [3.63, 3.8) is 0 Å². The second-order valence-electron chi connectivity index (χ2n) is 6.13. The molecule has 1 saturated heterocycles. The summed E-state index contributed by atoms with van der Waals surface area (Å²) in [6.45, 7) is 4.81. The quantitative estimate of drug-likeness (QED) is 0.872. The number of anilines is 1. The Morgan fingerprint density at radius 2 is 2.09 bits per heavy atom. The average Bonchev–Trinajstić information content (AvgIpc) is 3.12. The average molecular weight is 322 g/mol. The zero-order valence-electron chi connectivity index (χ0n) is 13.0. The van der Waals surface area contributed by atoms with Crippen LogP contribution in [0.2, 0.25) is 0 Å². The largest absolute Gasteiger partial charge is 0.339 e. The normalized spacial score (nSPS) is 21.7. The molecule has 0 aromatic carbocycles. The smallest absolute Gasteiger partial charge is 0.231 e. The van der Waals surface area contributed by atoms with Crippen LogP contribution in [-0.4, -0.2) is 39.5 Å². The highest BCUT2D eigenvalue weighted by Crippen LogP contribution is 2.33. The second kappa shape index (κ2) is 6.32. The maximum atomic E-state index is 12.3. The van der Waals surface area contributed by atoms with Crippen LogP contribution in [0.3, 0.4) is 0 Å². The molecule has 1 aromatic heterocycles. The molecule has 1 aromatic rings. The number of aromatic nitrogens is 2. The molecule has 2 aliphatic rings. The van der Waals surface area contributed by atoms with Gasteiger partial charge in [-0.15, -0.1) is 10.2 Å². The van der Waals surface area contributed by atoms with E-state index in [9.17, 15) is 9.59 Å². The van der Waals surface area contributed by atoms with Gasteiger partial charge in [0.1, 0.15) is 5.01 Å². The molecular weight excluding hydrogens is 300 g/mol. The Kier molecular flexibility index (Phi) is 4.42. The lowest BCUT2D eigenvalue weighted by Crippen LogP contribution is -2.29. The van der Waals surface area contributed by atoms with Gasteiger partial charge in [-0.1, -0.05) is 25.2 Å². The Labute approximate surface area is 134 Å². The van der Waals surface area contributed by atoms with Gasteiger partial charge in [0.25, 0.3) is 0 Å². The summed E-state index contributed by atoms with van der Waals surface area (Å²) >= 11 is 1.44. The van der Waals surface area contributed by atoms with Crippen molar-refractivity contribution in [1.82, 2.24) is 15.1 Å². The minimum Gasteiger partial charge on any atom is -0.339 e. The van der Waals surface area contributed by atoms with Crippen LogP contribution in [-0.2, 0) is 9.59 Å². The molecule has 3 rings (SSSR count). The van der Waals surface area contributed by atoms with Crippen LogP contribution in [0.4, 0.5) is 5.13 Å². The Bertz CT molecular complexity index is 566. The van der Waals surface area contributed by atoms with Crippen LogP contribution in [0.25, 0.3) is 0 Å². The van der Waals surface area contributed by atoms with Crippen LogP contribution in [0.15, 0.2) is 0 Å². The number of likely N-dealkylation sites (tertiary alicyclic amines) is 1. The van der Waals surface area contributed by atoms with Gasteiger partial charge in [0, 0.05) is 24.9 Å². The topological polar surface area (TPSA) is 75.2 Å². The fraction of sp³-hybridized carbons (Fsp3) is 0.733. The van der Waals surface area contributed by atoms with Crippen molar-refractivity contribution in [3.05, 3.63) is 5.01 Å². The first-order valence-corrected chi connectivity index (χ1v) is 8.87. The lowest BCUT2D eigenvalue weighted by atomic mass is 10.1. The summed E-state index contributed by atoms with van der Waals surface area (Å²) in [5.41, 5.74) is 0. The first-order chi connectivity index (χ1) is 10.6. The number of carbonyl (C=O) groups is 2. The Morgan fingerprint density at radius 1 is 1.36 bits per heavy atom. The number of hydrogen-bond acceptors (Lipinski definition) is 5. The summed E-state index contributed by atoms with van der Waals surface area (Å²) in [7, 11) is 0. The van der Waals surface area contributed by atoms with E-state index in [1.165, 1.54) is 11.3 Å². The van der Waals surface area contributed by atoms with Crippen molar-refractivity contribution in [1.29, 1.82) is 0 Å². The highest BCUT2D eigenvalue weighted by molar-refractivity contribution is 7.15. The van der Waals surface area contributed by atoms with Crippen LogP contribution in [0, 0.1) is 5.92 Å². The molecule has 7 heteroatoms. The van der Waals surface area contributed by atoms with Crippen molar-refractivity contribution < 1.29 is 9.59 Å². The van der Waals surface area contributed by atoms with Gasteiger partial charge in [0.2, 0.25) is 16.9 Å². The van der Waals surface area contributed by atoms with E-state index in [1.807, 2.05) is 4.90 Å². The summed E-state index contributed by atoms with van der Waals surface area (Å²) in [6, 6.07) is 0.383. The number of rotatable bonds is 6. The second-order valence-corrected chi connectivity index (χ2v) is 7.14. The van der Waals surface area contributed by atoms with Crippen molar-refractivity contribution >= 4 is 28.3 Å². The maximum absolute atomic E-state index is 12.3. The molecule has 1 aliphatic heterocycles. The molecule has 1 N–H and O–H groups in total. The van der Waals surface area contributed by atoms with Gasteiger partial charge in [-0.3, -0.25) is 9.59 Å². The number of nitrogens with one attached hydrogen (secondary N) is 1. The molecule has 2 fully saturated rings. The molecule has 2 amide bonds. The van der Waals surface area contributed by atoms with Gasteiger partial charge >= 0.3 is 0 Å². The van der Waals surface area contributed by atoms with Crippen LogP contribution >= 0.6 is 11.3 Å². The molecule has 2 heterocycles. The molecule has 6 nitrogen and oxygen atoms in total. The third-order valence-corrected chi connectivity index (χ3v) is 5.52. The molecule has 0 bridgehead atoms. The minimum atomic E-state index is -0.256. The van der Waals surface area contributed by atoms with Gasteiger partial charge in [0.15, 0.2) is 0 Å². The molecule has 1 atom stereocenters. The number of carbonyl (C=O) groups excluding carboxylic acids is 2. The summed E-state index contributed by atoms with van der Waals surface area (Å²) in [6.07, 6.45) is 4.52. The third kappa shape index (κ3) is 3.14. The SMILES string of the molecule is CCC(CC)c1nnc(NC(=O)C2CC(=O)N(C3CC3)C2)s1. The third-order valence-electron chi connectivity index (χ3n) is 4.52. The van der Waals surface area contributed by atoms with Gasteiger partial charge in [-0.2, -0.15) is 0 Å². The van der Waals surface area contributed by atoms with Gasteiger partial charge in [-0.05, 0) is 25.7 Å². The van der Waals surface area contributed by atoms with E-state index < -0.39 is 0 Å². The first-order valence-electron chi connectivity index (χ1n) is 8.06. The molecule has 120 valence electrons. The van der Waals surface area contributed by atoms with Crippen LogP contribution < -0.4 is 5.32 Å². The predicted octanol–water partition coefficient (Wildman–Crippen LogP) is 2.39. The minimum absolute atomic E-state index is 0.108. The lowest BCUT2D eigenvalue weighted by molar-refractivity contribution is -0.128. The fourth-order valence-corrected chi connectivity index (χ4v) is 3.95. The zero-order valence-corrected chi connectivity index (χ0v) is 13.9. The van der Waals surface area contributed by atoms with Crippen molar-refractivity contribution in [2.75, 3.05) is 11.9 Å². The fourth-order valence-electron chi connectivity index (χ4n) is 2.94. The number of hydrogen-bond donors (Lipinski definition) is 1. The summed E-state index contributed by atoms with van der Waals surface area (Å²) < 4.78 is 0. The summed E-state index contributed by atoms with van der Waals surface area (Å²) in [5.74, 6) is 0.150. The van der Waals surface area contributed by atoms with E-state index in [0.29, 0.717) is 30.1 Å². The number of amides is 2. The Morgan fingerprint density at radius 3 is 2.73 bits per heavy atom. The van der Waals surface area contributed by atoms with Crippen molar-refractivity contribution in [2.45, 2.75) is 57.9 Å². The zero-order chi connectivity index (χ0) is 15.7. The van der Waals surface area contributed by atoms with Gasteiger partial charge in [0.05, 0.1) is 5.92 Å². The molecule has 1 aliphatic carbocycles. The molecule has 1 unspecified atom stereocenters. The maximum Gasteiger partial charge on any atom is 0.231 e. The Balaban J connectivity index is 1.59. The van der Waals surface area contributed by atoms with E-state index in [-0.39, 0.29) is 17.7 Å². The van der Waals surface area contributed by atoms with E-state index in [2.05, 4.69) is 29.4 Å². The van der Waals surface area contributed by atoms with Gasteiger partial charge < -0.3 is 10.2 Å². The molecule has 22 heavy (non-hydrogen) atoms.